The van der Waals surface area contributed by atoms with Crippen LogP contribution in [0, 0.1) is 0 Å². The number of carbonyl (C=O) groups excluding carboxylic acids is 1. The van der Waals surface area contributed by atoms with Crippen molar-refractivity contribution >= 4 is 17.7 Å². The average molecular weight is 308 g/mol. The molecule has 1 aromatic carbocycles. The van der Waals surface area contributed by atoms with E-state index in [1.165, 1.54) is 0 Å². The molecule has 1 fully saturated rings. The molecule has 21 heavy (non-hydrogen) atoms. The van der Waals surface area contributed by atoms with E-state index in [4.69, 9.17) is 5.11 Å². The zero-order valence-electron chi connectivity index (χ0n) is 12.5. The molecule has 0 unspecified atom stereocenters. The Morgan fingerprint density at radius 2 is 2.24 bits per heavy atom. The lowest BCUT2D eigenvalue weighted by atomic mass is 10.1. The van der Waals surface area contributed by atoms with Crippen LogP contribution in [-0.2, 0) is 4.79 Å². The fourth-order valence-electron chi connectivity index (χ4n) is 2.61. The van der Waals surface area contributed by atoms with Crippen LogP contribution in [0.25, 0.3) is 0 Å². The molecule has 0 saturated carbocycles. The zero-order chi connectivity index (χ0) is 15.1. The number of nitrogens with one attached hydrogen (secondary N) is 1. The van der Waals surface area contributed by atoms with Gasteiger partial charge in [-0.25, -0.2) is 0 Å². The third-order valence-corrected chi connectivity index (χ3v) is 4.93. The summed E-state index contributed by atoms with van der Waals surface area (Å²) in [6.45, 7) is 3.53. The van der Waals surface area contributed by atoms with E-state index < -0.39 is 0 Å². The lowest BCUT2D eigenvalue weighted by molar-refractivity contribution is -0.123. The highest BCUT2D eigenvalue weighted by atomic mass is 32.2. The van der Waals surface area contributed by atoms with Crippen LogP contribution < -0.4 is 5.32 Å². The van der Waals surface area contributed by atoms with E-state index in [2.05, 4.69) is 10.2 Å². The molecule has 0 aliphatic carbocycles. The van der Waals surface area contributed by atoms with Crippen molar-refractivity contribution in [3.8, 4) is 0 Å². The van der Waals surface area contributed by atoms with Gasteiger partial charge in [0.2, 0.25) is 5.91 Å². The van der Waals surface area contributed by atoms with E-state index in [9.17, 15) is 4.79 Å². The van der Waals surface area contributed by atoms with Crippen LogP contribution in [0.4, 0.5) is 0 Å². The maximum atomic E-state index is 12.2. The average Bonchev–Trinajstić information content (AvgIpc) is 2.50. The van der Waals surface area contributed by atoms with Crippen molar-refractivity contribution in [1.82, 2.24) is 10.2 Å². The number of hydrogen-bond donors (Lipinski definition) is 2. The Hall–Kier alpha value is -1.04. The number of hydrogen-bond acceptors (Lipinski definition) is 4. The number of aliphatic hydroxyl groups excluding tert-OH is 1. The number of aliphatic hydroxyl groups is 1. The molecule has 2 rings (SSSR count). The molecule has 1 aromatic rings. The second-order valence-electron chi connectivity index (χ2n) is 5.41. The van der Waals surface area contributed by atoms with Gasteiger partial charge in [0.1, 0.15) is 0 Å². The number of nitrogens with zero attached hydrogens (tertiary/aromatic N) is 1. The highest BCUT2D eigenvalue weighted by Crippen LogP contribution is 2.18. The first-order valence-electron chi connectivity index (χ1n) is 7.47. The van der Waals surface area contributed by atoms with Gasteiger partial charge in [0, 0.05) is 30.7 Å². The third kappa shape index (κ3) is 5.02. The van der Waals surface area contributed by atoms with Gasteiger partial charge in [-0.05, 0) is 18.9 Å². The third-order valence-electron chi connectivity index (χ3n) is 3.84. The minimum Gasteiger partial charge on any atom is -0.396 e. The van der Waals surface area contributed by atoms with Gasteiger partial charge in [-0.1, -0.05) is 30.3 Å². The van der Waals surface area contributed by atoms with Gasteiger partial charge in [-0.15, -0.1) is 0 Å². The highest BCUT2D eigenvalue weighted by Gasteiger charge is 2.24. The summed E-state index contributed by atoms with van der Waals surface area (Å²) in [5.41, 5.74) is 1.12. The van der Waals surface area contributed by atoms with Crippen molar-refractivity contribution in [3.63, 3.8) is 0 Å². The first-order chi connectivity index (χ1) is 10.2. The van der Waals surface area contributed by atoms with Crippen LogP contribution in [0.2, 0.25) is 0 Å². The second kappa shape index (κ2) is 8.41. The first kappa shape index (κ1) is 16.3. The summed E-state index contributed by atoms with van der Waals surface area (Å²) < 4.78 is 0. The largest absolute Gasteiger partial charge is 0.396 e. The molecule has 0 aromatic heterocycles. The number of benzene rings is 1. The molecule has 0 bridgehead atoms. The fourth-order valence-corrected chi connectivity index (χ4v) is 3.79. The lowest BCUT2D eigenvalue weighted by Gasteiger charge is -2.34. The van der Waals surface area contributed by atoms with E-state index in [1.807, 2.05) is 49.0 Å². The summed E-state index contributed by atoms with van der Waals surface area (Å²) in [6.07, 6.45) is 0.745. The van der Waals surface area contributed by atoms with Crippen LogP contribution >= 0.6 is 11.8 Å². The number of rotatable bonds is 6. The molecule has 1 saturated heterocycles. The molecular formula is C16H24N2O2S. The minimum absolute atomic E-state index is 0.0224. The summed E-state index contributed by atoms with van der Waals surface area (Å²) in [6, 6.07) is 10.3. The highest BCUT2D eigenvalue weighted by molar-refractivity contribution is 7.99. The van der Waals surface area contributed by atoms with E-state index >= 15 is 0 Å². The van der Waals surface area contributed by atoms with Crippen LogP contribution in [0.3, 0.4) is 0 Å². The molecule has 116 valence electrons. The van der Waals surface area contributed by atoms with E-state index in [-0.39, 0.29) is 18.6 Å². The van der Waals surface area contributed by atoms with Gasteiger partial charge >= 0.3 is 0 Å². The van der Waals surface area contributed by atoms with Gasteiger partial charge < -0.3 is 10.4 Å². The quantitative estimate of drug-likeness (QED) is 0.839. The summed E-state index contributed by atoms with van der Waals surface area (Å²) in [5.74, 6) is 2.12. The predicted molar refractivity (Wildman–Crippen MR) is 87.4 cm³/mol. The summed E-state index contributed by atoms with van der Waals surface area (Å²) in [4.78, 5) is 14.4. The summed E-state index contributed by atoms with van der Waals surface area (Å²) in [5, 5.41) is 12.2. The van der Waals surface area contributed by atoms with E-state index in [0.29, 0.717) is 12.6 Å². The van der Waals surface area contributed by atoms with Gasteiger partial charge in [0.15, 0.2) is 0 Å². The Bertz CT molecular complexity index is 439. The summed E-state index contributed by atoms with van der Waals surface area (Å²) in [7, 11) is 0. The molecule has 2 N–H and O–H groups in total. The van der Waals surface area contributed by atoms with Crippen molar-refractivity contribution in [1.29, 1.82) is 0 Å². The smallest absolute Gasteiger partial charge is 0.234 e. The maximum absolute atomic E-state index is 12.2. The zero-order valence-corrected chi connectivity index (χ0v) is 13.3. The van der Waals surface area contributed by atoms with Crippen molar-refractivity contribution in [2.45, 2.75) is 25.4 Å². The van der Waals surface area contributed by atoms with Crippen molar-refractivity contribution in [2.24, 2.45) is 0 Å². The monoisotopic (exact) mass is 308 g/mol. The Kier molecular flexibility index (Phi) is 6.54. The normalized spacial score (nSPS) is 21.0. The molecule has 4 nitrogen and oxygen atoms in total. The number of thioether (sulfide) groups is 1. The lowest BCUT2D eigenvalue weighted by Crippen LogP contribution is -2.48. The Labute approximate surface area is 130 Å². The summed E-state index contributed by atoms with van der Waals surface area (Å²) >= 11 is 1.90. The molecule has 1 heterocycles. The number of carbonyl (C=O) groups is 1. The standard InChI is InChI=1S/C16H24N2O2S/c1-13(14-5-3-2-4-6-14)17-16(20)11-18-8-10-21-12-15(18)7-9-19/h2-6,13,15,19H,7-12H2,1H3,(H,17,20)/t13-,15-/m1/s1. The number of amides is 1. The Morgan fingerprint density at radius 1 is 1.48 bits per heavy atom. The van der Waals surface area contributed by atoms with Crippen LogP contribution in [0.5, 0.6) is 0 Å². The molecule has 1 aliphatic rings. The van der Waals surface area contributed by atoms with Gasteiger partial charge in [-0.2, -0.15) is 11.8 Å². The SMILES string of the molecule is C[C@@H](NC(=O)CN1CCSC[C@H]1CCO)c1ccccc1. The predicted octanol–water partition coefficient (Wildman–Crippen LogP) is 1.66. The molecule has 0 radical (unpaired) electrons. The van der Waals surface area contributed by atoms with Crippen LogP contribution in [0.1, 0.15) is 24.9 Å². The molecule has 0 spiro atoms. The topological polar surface area (TPSA) is 52.6 Å². The fraction of sp³-hybridized carbons (Fsp3) is 0.562. The van der Waals surface area contributed by atoms with E-state index in [1.54, 1.807) is 0 Å². The van der Waals surface area contributed by atoms with Gasteiger partial charge in [0.25, 0.3) is 0 Å². The van der Waals surface area contributed by atoms with Crippen LogP contribution in [0.15, 0.2) is 30.3 Å². The Morgan fingerprint density at radius 3 is 2.95 bits per heavy atom. The molecule has 5 heteroatoms. The molecule has 1 aliphatic heterocycles. The van der Waals surface area contributed by atoms with Crippen molar-refractivity contribution in [2.75, 3.05) is 31.2 Å². The second-order valence-corrected chi connectivity index (χ2v) is 6.56. The van der Waals surface area contributed by atoms with Crippen LogP contribution in [-0.4, -0.2) is 53.2 Å². The minimum atomic E-state index is 0.0224. The molecule has 1 amide bonds. The maximum Gasteiger partial charge on any atom is 0.234 e. The molecular weight excluding hydrogens is 284 g/mol. The Balaban J connectivity index is 1.85. The van der Waals surface area contributed by atoms with Crippen molar-refractivity contribution < 1.29 is 9.90 Å². The first-order valence-corrected chi connectivity index (χ1v) is 8.63. The van der Waals surface area contributed by atoms with Crippen molar-refractivity contribution in [3.05, 3.63) is 35.9 Å². The molecule has 2 atom stereocenters. The van der Waals surface area contributed by atoms with Gasteiger partial charge in [-0.3, -0.25) is 9.69 Å². The van der Waals surface area contributed by atoms with E-state index in [0.717, 1.165) is 30.0 Å². The van der Waals surface area contributed by atoms with Gasteiger partial charge in [0.05, 0.1) is 12.6 Å².